The Labute approximate surface area is 149 Å². The molecule has 0 bridgehead atoms. The number of nitrogens with two attached hydrogens (primary N) is 1. The Hall–Kier alpha value is -2.13. The molecule has 0 aliphatic rings. The SMILES string of the molecule is NS(=O)(=O)NCCNc1nonc1C(=Nc1cccc(Br)c1F)NO. The van der Waals surface area contributed by atoms with E-state index in [0.717, 1.165) is 0 Å². The molecule has 2 rings (SSSR count). The number of hydrogen-bond acceptors (Lipinski definition) is 8. The number of anilines is 1. The normalized spacial score (nSPS) is 12.2. The molecule has 136 valence electrons. The molecule has 1 aromatic carbocycles. The number of nitrogens with one attached hydrogen (secondary N) is 3. The van der Waals surface area contributed by atoms with Gasteiger partial charge in [-0.25, -0.2) is 23.9 Å². The molecule has 0 amide bonds. The minimum Gasteiger partial charge on any atom is -0.364 e. The Bertz CT molecular complexity index is 873. The molecule has 0 saturated heterocycles. The number of benzene rings is 1. The molecular formula is C11H13BrFN7O4S. The van der Waals surface area contributed by atoms with Crippen LogP contribution in [0.4, 0.5) is 15.9 Å². The fourth-order valence-electron chi connectivity index (χ4n) is 1.66. The summed E-state index contributed by atoms with van der Waals surface area (Å²) < 4.78 is 42.3. The van der Waals surface area contributed by atoms with Crippen LogP contribution < -0.4 is 20.7 Å². The van der Waals surface area contributed by atoms with Gasteiger partial charge in [-0.05, 0) is 38.4 Å². The molecule has 0 fully saturated rings. The quantitative estimate of drug-likeness (QED) is 0.177. The average molecular weight is 438 g/mol. The lowest BCUT2D eigenvalue weighted by Crippen LogP contribution is -2.34. The number of rotatable bonds is 7. The highest BCUT2D eigenvalue weighted by Crippen LogP contribution is 2.25. The number of nitrogens with zero attached hydrogens (tertiary/aromatic N) is 3. The van der Waals surface area contributed by atoms with Crippen LogP contribution in [0.2, 0.25) is 0 Å². The molecule has 0 spiro atoms. The summed E-state index contributed by atoms with van der Waals surface area (Å²) in [5, 5.41) is 23.9. The zero-order valence-corrected chi connectivity index (χ0v) is 14.8. The number of amidine groups is 1. The summed E-state index contributed by atoms with van der Waals surface area (Å²) in [6.45, 7) is 0.0476. The second-order valence-corrected chi connectivity index (χ2v) is 6.71. The van der Waals surface area contributed by atoms with Crippen molar-refractivity contribution in [2.45, 2.75) is 0 Å². The number of halogens is 2. The maximum Gasteiger partial charge on any atom is 0.274 e. The molecule has 1 heterocycles. The molecule has 11 nitrogen and oxygen atoms in total. The highest BCUT2D eigenvalue weighted by Gasteiger charge is 2.17. The molecule has 2 aromatic rings. The van der Waals surface area contributed by atoms with Crippen LogP contribution in [0.3, 0.4) is 0 Å². The van der Waals surface area contributed by atoms with Crippen LogP contribution in [-0.2, 0) is 10.2 Å². The molecular weight excluding hydrogens is 425 g/mol. The van der Waals surface area contributed by atoms with Gasteiger partial charge in [0.05, 0.1) is 4.47 Å². The van der Waals surface area contributed by atoms with E-state index in [1.807, 2.05) is 0 Å². The zero-order chi connectivity index (χ0) is 18.4. The van der Waals surface area contributed by atoms with Crippen LogP contribution in [0.25, 0.3) is 0 Å². The topological polar surface area (TPSA) is 168 Å². The van der Waals surface area contributed by atoms with Gasteiger partial charge in [-0.15, -0.1) is 0 Å². The van der Waals surface area contributed by atoms with Gasteiger partial charge in [-0.3, -0.25) is 10.7 Å². The van der Waals surface area contributed by atoms with Crippen molar-refractivity contribution < 1.29 is 22.6 Å². The lowest BCUT2D eigenvalue weighted by atomic mass is 10.3. The smallest absolute Gasteiger partial charge is 0.274 e. The molecule has 14 heteroatoms. The van der Waals surface area contributed by atoms with E-state index in [1.54, 1.807) is 11.5 Å². The van der Waals surface area contributed by atoms with Gasteiger partial charge >= 0.3 is 0 Å². The Balaban J connectivity index is 2.18. The minimum absolute atomic E-state index is 0.0373. The third-order valence-electron chi connectivity index (χ3n) is 2.70. The van der Waals surface area contributed by atoms with E-state index in [4.69, 9.17) is 5.14 Å². The van der Waals surface area contributed by atoms with E-state index < -0.39 is 16.0 Å². The fourth-order valence-corrected chi connectivity index (χ4v) is 2.41. The fraction of sp³-hybridized carbons (Fsp3) is 0.182. The van der Waals surface area contributed by atoms with Gasteiger partial charge in [0.25, 0.3) is 10.2 Å². The van der Waals surface area contributed by atoms with E-state index in [0.29, 0.717) is 0 Å². The minimum atomic E-state index is -3.82. The zero-order valence-electron chi connectivity index (χ0n) is 12.4. The summed E-state index contributed by atoms with van der Waals surface area (Å²) in [6.07, 6.45) is 0. The van der Waals surface area contributed by atoms with Crippen LogP contribution in [0.5, 0.6) is 0 Å². The molecule has 0 saturated carbocycles. The molecule has 6 N–H and O–H groups in total. The van der Waals surface area contributed by atoms with Crippen molar-refractivity contribution in [2.24, 2.45) is 10.1 Å². The van der Waals surface area contributed by atoms with E-state index in [-0.39, 0.29) is 40.6 Å². The summed E-state index contributed by atoms with van der Waals surface area (Å²) in [5.41, 5.74) is 1.67. The molecule has 25 heavy (non-hydrogen) atoms. The van der Waals surface area contributed by atoms with Gasteiger partial charge < -0.3 is 5.32 Å². The highest BCUT2D eigenvalue weighted by atomic mass is 79.9. The summed E-state index contributed by atoms with van der Waals surface area (Å²) in [7, 11) is -3.82. The van der Waals surface area contributed by atoms with Gasteiger partial charge in [0.2, 0.25) is 5.82 Å². The molecule has 0 radical (unpaired) electrons. The second-order valence-electron chi connectivity index (χ2n) is 4.47. The standard InChI is InChI=1S/C11H13BrFN7O4S/c12-6-2-1-3-7(8(6)13)17-11(18-21)9-10(20-24-19-9)15-4-5-16-25(14,22)23/h1-3,16,21H,4-5H2,(H,15,20)(H,17,18)(H2,14,22,23). The van der Waals surface area contributed by atoms with E-state index in [2.05, 4.69) is 45.9 Å². The maximum atomic E-state index is 14.0. The summed E-state index contributed by atoms with van der Waals surface area (Å²) in [4.78, 5) is 3.92. The predicted molar refractivity (Wildman–Crippen MR) is 89.1 cm³/mol. The van der Waals surface area contributed by atoms with Gasteiger partial charge in [0.1, 0.15) is 5.69 Å². The molecule has 0 unspecified atom stereocenters. The summed E-state index contributed by atoms with van der Waals surface area (Å²) in [5.74, 6) is -0.828. The first-order valence-electron chi connectivity index (χ1n) is 6.59. The lowest BCUT2D eigenvalue weighted by Gasteiger charge is -2.06. The van der Waals surface area contributed by atoms with E-state index >= 15 is 0 Å². The lowest BCUT2D eigenvalue weighted by molar-refractivity contribution is 0.234. The Kier molecular flexibility index (Phi) is 6.38. The van der Waals surface area contributed by atoms with E-state index in [1.165, 1.54) is 12.1 Å². The second kappa shape index (κ2) is 8.30. The maximum absolute atomic E-state index is 14.0. The first-order chi connectivity index (χ1) is 11.8. The van der Waals surface area contributed by atoms with Crippen molar-refractivity contribution in [3.8, 4) is 0 Å². The van der Waals surface area contributed by atoms with Crippen molar-refractivity contribution in [1.29, 1.82) is 0 Å². The van der Waals surface area contributed by atoms with Crippen molar-refractivity contribution >= 4 is 43.5 Å². The first-order valence-corrected chi connectivity index (χ1v) is 8.92. The number of hydrogen-bond donors (Lipinski definition) is 5. The summed E-state index contributed by atoms with van der Waals surface area (Å²) >= 11 is 3.03. The average Bonchev–Trinajstić information content (AvgIpc) is 3.00. The first kappa shape index (κ1) is 19.2. The van der Waals surface area contributed by atoms with E-state index in [9.17, 15) is 18.0 Å². The van der Waals surface area contributed by atoms with Crippen LogP contribution in [0.15, 0.2) is 32.3 Å². The van der Waals surface area contributed by atoms with Crippen LogP contribution >= 0.6 is 15.9 Å². The van der Waals surface area contributed by atoms with Crippen LogP contribution in [0.1, 0.15) is 5.69 Å². The number of aliphatic imine (C=N–C) groups is 1. The molecule has 1 aromatic heterocycles. The van der Waals surface area contributed by atoms with Crippen LogP contribution in [-0.4, -0.2) is 42.9 Å². The van der Waals surface area contributed by atoms with Crippen molar-refractivity contribution in [2.75, 3.05) is 18.4 Å². The Morgan fingerprint density at radius 2 is 2.16 bits per heavy atom. The molecule has 0 atom stereocenters. The van der Waals surface area contributed by atoms with Gasteiger partial charge in [-0.1, -0.05) is 6.07 Å². The number of hydroxylamine groups is 1. The largest absolute Gasteiger partial charge is 0.364 e. The van der Waals surface area contributed by atoms with Gasteiger partial charge in [0.15, 0.2) is 17.3 Å². The predicted octanol–water partition coefficient (Wildman–Crippen LogP) is 0.233. The molecule has 0 aliphatic heterocycles. The number of aromatic nitrogens is 2. The highest BCUT2D eigenvalue weighted by molar-refractivity contribution is 9.10. The third kappa shape index (κ3) is 5.43. The van der Waals surface area contributed by atoms with Gasteiger partial charge in [0, 0.05) is 13.1 Å². The molecule has 0 aliphatic carbocycles. The Morgan fingerprint density at radius 3 is 2.84 bits per heavy atom. The van der Waals surface area contributed by atoms with Crippen molar-refractivity contribution in [3.63, 3.8) is 0 Å². The summed E-state index contributed by atoms with van der Waals surface area (Å²) in [6, 6.07) is 4.43. The Morgan fingerprint density at radius 1 is 1.40 bits per heavy atom. The third-order valence-corrected chi connectivity index (χ3v) is 3.92. The van der Waals surface area contributed by atoms with Gasteiger partial charge in [-0.2, -0.15) is 8.42 Å². The van der Waals surface area contributed by atoms with Crippen LogP contribution in [0, 0.1) is 5.82 Å². The van der Waals surface area contributed by atoms with Crippen molar-refractivity contribution in [1.82, 2.24) is 20.5 Å². The van der Waals surface area contributed by atoms with Crippen molar-refractivity contribution in [3.05, 3.63) is 34.2 Å². The monoisotopic (exact) mass is 437 g/mol.